The normalized spacial score (nSPS) is 10.8. The second-order valence-corrected chi connectivity index (χ2v) is 6.17. The van der Waals surface area contributed by atoms with Crippen molar-refractivity contribution in [3.63, 3.8) is 0 Å². The van der Waals surface area contributed by atoms with E-state index in [1.807, 2.05) is 19.2 Å². The summed E-state index contributed by atoms with van der Waals surface area (Å²) in [6.45, 7) is 0. The Morgan fingerprint density at radius 2 is 1.76 bits per heavy atom. The topological polar surface area (TPSA) is 18.0 Å². The number of halogens is 4. The minimum atomic E-state index is -6.00. The van der Waals surface area contributed by atoms with Crippen LogP contribution in [0.25, 0.3) is 0 Å². The smallest absolute Gasteiger partial charge is 0.418 e. The number of hydrogen-bond donors (Lipinski definition) is 0. The second kappa shape index (κ2) is 8.09. The average Bonchev–Trinajstić information content (AvgIpc) is 2.81. The largest absolute Gasteiger partial charge is 0.673 e. The third kappa shape index (κ3) is 8.42. The number of ether oxygens (including phenoxy) is 1. The van der Waals surface area contributed by atoms with E-state index in [2.05, 4.69) is 40.0 Å². The molecule has 1 aromatic carbocycles. The van der Waals surface area contributed by atoms with Crippen molar-refractivity contribution >= 4 is 26.7 Å². The van der Waals surface area contributed by atoms with Crippen molar-refractivity contribution in [3.8, 4) is 5.75 Å². The molecular weight excluding hydrogens is 354 g/mol. The summed E-state index contributed by atoms with van der Waals surface area (Å²) in [7, 11) is -2.27. The van der Waals surface area contributed by atoms with Crippen LogP contribution in [0.15, 0.2) is 43.0 Å². The number of aryl methyl sites for hydroxylation is 1. The van der Waals surface area contributed by atoms with E-state index >= 15 is 0 Å². The number of nitrogens with zero attached hydrogens (tertiary/aromatic N) is 2. The molecule has 0 fully saturated rings. The molecule has 0 bridgehead atoms. The van der Waals surface area contributed by atoms with Crippen LogP contribution in [0, 0.1) is 0 Å². The Hall–Kier alpha value is -1.47. The van der Waals surface area contributed by atoms with Gasteiger partial charge < -0.3 is 17.3 Å². The van der Waals surface area contributed by atoms with E-state index in [1.54, 1.807) is 7.11 Å². The zero-order chi connectivity index (χ0) is 15.9. The summed E-state index contributed by atoms with van der Waals surface area (Å²) in [5.74, 6) is 0.923. The summed E-state index contributed by atoms with van der Waals surface area (Å²) in [6, 6.07) is 8.32. The molecule has 0 atom stereocenters. The molecule has 0 unspecified atom stereocenters. The fraction of sp³-hybridized carbons (Fsp3) is 0.250. The molecule has 9 heteroatoms. The van der Waals surface area contributed by atoms with Crippen LogP contribution < -0.4 is 13.8 Å². The van der Waals surface area contributed by atoms with Gasteiger partial charge in [-0.2, -0.15) is 0 Å². The van der Waals surface area contributed by atoms with E-state index in [0.29, 0.717) is 15.0 Å². The van der Waals surface area contributed by atoms with Gasteiger partial charge in [-0.15, -0.1) is 0 Å². The molecule has 0 saturated carbocycles. The van der Waals surface area contributed by atoms with Gasteiger partial charge in [-0.1, -0.05) is 0 Å². The van der Waals surface area contributed by atoms with Crippen LogP contribution in [0.4, 0.5) is 17.3 Å². The van der Waals surface area contributed by atoms with Crippen LogP contribution in [0.5, 0.6) is 5.75 Å². The predicted octanol–water partition coefficient (Wildman–Crippen LogP) is 1.61. The number of imidazole rings is 1. The second-order valence-electron chi connectivity index (χ2n) is 4.04. The van der Waals surface area contributed by atoms with Crippen LogP contribution in [0.2, 0.25) is 0 Å². The molecule has 0 aliphatic heterocycles. The van der Waals surface area contributed by atoms with Gasteiger partial charge in [-0.3, -0.25) is 0 Å². The summed E-state index contributed by atoms with van der Waals surface area (Å²) < 4.78 is 49.8. The zero-order valence-corrected chi connectivity index (χ0v) is 13.3. The molecule has 2 rings (SSSR count). The van der Waals surface area contributed by atoms with Crippen molar-refractivity contribution in [1.29, 1.82) is 0 Å². The van der Waals surface area contributed by atoms with Crippen LogP contribution in [-0.2, 0) is 12.5 Å². The Labute approximate surface area is 126 Å². The molecule has 2 aromatic rings. The fourth-order valence-electron chi connectivity index (χ4n) is 1.40. The van der Waals surface area contributed by atoms with Crippen LogP contribution in [-0.4, -0.2) is 33.9 Å². The van der Waals surface area contributed by atoms with E-state index in [4.69, 9.17) is 4.74 Å². The molecule has 0 radical (unpaired) electrons. The quantitative estimate of drug-likeness (QED) is 0.455. The summed E-state index contributed by atoms with van der Waals surface area (Å²) in [4.78, 5) is 0. The SMILES string of the molecule is COc1ccc([Se]Cn2cc[n+](C)c2)cc1.F[B-](F)(F)F. The van der Waals surface area contributed by atoms with Crippen molar-refractivity contribution < 1.29 is 26.6 Å². The fourth-order valence-corrected chi connectivity index (χ4v) is 3.03. The molecule has 0 aliphatic carbocycles. The first-order valence-corrected chi connectivity index (χ1v) is 8.00. The zero-order valence-electron chi connectivity index (χ0n) is 11.5. The summed E-state index contributed by atoms with van der Waals surface area (Å²) in [5, 5.41) is 0. The average molecular weight is 369 g/mol. The Balaban J connectivity index is 0.000000383. The molecule has 116 valence electrons. The van der Waals surface area contributed by atoms with Gasteiger partial charge in [0, 0.05) is 0 Å². The monoisotopic (exact) mass is 370 g/mol. The van der Waals surface area contributed by atoms with Crippen molar-refractivity contribution in [2.45, 2.75) is 5.44 Å². The van der Waals surface area contributed by atoms with Gasteiger partial charge in [0.25, 0.3) is 0 Å². The van der Waals surface area contributed by atoms with E-state index in [1.165, 1.54) is 4.46 Å². The van der Waals surface area contributed by atoms with Gasteiger partial charge in [0.1, 0.15) is 0 Å². The standard InChI is InChI=1S/C12H15N2OSe.BF4/c1-13-7-8-14(9-13)10-16-12-5-3-11(15-2)4-6-12;2-1(3,4)5/h3-9H,10H2,1-2H3;/q+1;-1. The molecule has 0 aliphatic rings. The van der Waals surface area contributed by atoms with Gasteiger partial charge >= 0.3 is 109 Å². The summed E-state index contributed by atoms with van der Waals surface area (Å²) in [5.41, 5.74) is 1.07. The Kier molecular flexibility index (Phi) is 6.78. The summed E-state index contributed by atoms with van der Waals surface area (Å²) in [6.07, 6.45) is 6.26. The van der Waals surface area contributed by atoms with E-state index < -0.39 is 7.25 Å². The molecule has 21 heavy (non-hydrogen) atoms. The van der Waals surface area contributed by atoms with E-state index in [9.17, 15) is 17.3 Å². The van der Waals surface area contributed by atoms with E-state index in [-0.39, 0.29) is 0 Å². The molecule has 1 aromatic heterocycles. The van der Waals surface area contributed by atoms with Crippen molar-refractivity contribution in [2.75, 3.05) is 7.11 Å². The first-order valence-electron chi connectivity index (χ1n) is 5.93. The number of aromatic nitrogens is 2. The van der Waals surface area contributed by atoms with Gasteiger partial charge in [-0.25, -0.2) is 0 Å². The van der Waals surface area contributed by atoms with Gasteiger partial charge in [0.15, 0.2) is 0 Å². The first-order chi connectivity index (χ1) is 9.78. The Bertz CT molecular complexity index is 539. The van der Waals surface area contributed by atoms with Crippen LogP contribution in [0.1, 0.15) is 0 Å². The van der Waals surface area contributed by atoms with Crippen LogP contribution in [0.3, 0.4) is 0 Å². The van der Waals surface area contributed by atoms with Crippen LogP contribution >= 0.6 is 0 Å². The molecule has 0 spiro atoms. The van der Waals surface area contributed by atoms with E-state index in [0.717, 1.165) is 11.2 Å². The molecule has 0 N–H and O–H groups in total. The number of methoxy groups -OCH3 is 1. The van der Waals surface area contributed by atoms with Crippen molar-refractivity contribution in [1.82, 2.24) is 4.57 Å². The first kappa shape index (κ1) is 17.6. The minimum absolute atomic E-state index is 0.471. The van der Waals surface area contributed by atoms with Gasteiger partial charge in [-0.05, 0) is 0 Å². The van der Waals surface area contributed by atoms with Gasteiger partial charge in [0.05, 0.1) is 0 Å². The number of hydrogen-bond acceptors (Lipinski definition) is 1. The molecular formula is C12H15BF4N2OSe. The maximum Gasteiger partial charge on any atom is 0.673 e. The van der Waals surface area contributed by atoms with Crippen molar-refractivity contribution in [2.24, 2.45) is 7.05 Å². The predicted molar refractivity (Wildman–Crippen MR) is 74.2 cm³/mol. The van der Waals surface area contributed by atoms with Gasteiger partial charge in [0.2, 0.25) is 0 Å². The molecule has 3 nitrogen and oxygen atoms in total. The van der Waals surface area contributed by atoms with Crippen molar-refractivity contribution in [3.05, 3.63) is 43.0 Å². The Morgan fingerprint density at radius 1 is 1.19 bits per heavy atom. The number of benzene rings is 1. The third-order valence-electron chi connectivity index (χ3n) is 2.26. The maximum absolute atomic E-state index is 9.75. The Morgan fingerprint density at radius 3 is 2.19 bits per heavy atom. The number of rotatable bonds is 4. The summed E-state index contributed by atoms with van der Waals surface area (Å²) >= 11 is 0.471. The minimum Gasteiger partial charge on any atom is -0.418 e. The molecule has 0 amide bonds. The molecule has 0 saturated heterocycles. The third-order valence-corrected chi connectivity index (χ3v) is 4.43. The molecule has 1 heterocycles. The maximum atomic E-state index is 9.75.